The van der Waals surface area contributed by atoms with Gasteiger partial charge in [-0.25, -0.2) is 4.98 Å². The third kappa shape index (κ3) is 3.74. The van der Waals surface area contributed by atoms with Gasteiger partial charge in [0.1, 0.15) is 5.52 Å². The topological polar surface area (TPSA) is 68.0 Å². The minimum atomic E-state index is -0.324. The highest BCUT2D eigenvalue weighted by Crippen LogP contribution is 2.40. The molecule has 6 heteroatoms. The number of oxazole rings is 1. The molecule has 5 nitrogen and oxygen atoms in total. The first-order valence-corrected chi connectivity index (χ1v) is 9.92. The van der Waals surface area contributed by atoms with E-state index >= 15 is 0 Å². The number of hydrogen-bond acceptors (Lipinski definition) is 4. The number of hydrogen-bond donors (Lipinski definition) is 1. The van der Waals surface area contributed by atoms with E-state index in [9.17, 15) is 4.79 Å². The number of pyridine rings is 1. The highest BCUT2D eigenvalue weighted by atomic mass is 35.5. The number of nitrogens with one attached hydrogen (secondary N) is 1. The number of halogens is 1. The van der Waals surface area contributed by atoms with Crippen molar-refractivity contribution in [3.63, 3.8) is 0 Å². The van der Waals surface area contributed by atoms with Gasteiger partial charge in [0, 0.05) is 28.9 Å². The van der Waals surface area contributed by atoms with Crippen molar-refractivity contribution in [1.82, 2.24) is 15.3 Å². The fraction of sp³-hybridized carbons (Fsp3) is 0.174. The Hall–Kier alpha value is -3.18. The Labute approximate surface area is 172 Å². The minimum absolute atomic E-state index is 0.187. The van der Waals surface area contributed by atoms with Crippen LogP contribution in [0.2, 0.25) is 5.02 Å². The largest absolute Gasteiger partial charge is 0.440 e. The number of nitrogens with zero attached hydrogens (tertiary/aromatic N) is 2. The first-order valence-electron chi connectivity index (χ1n) is 9.54. The molecule has 1 amide bonds. The van der Waals surface area contributed by atoms with Crippen molar-refractivity contribution < 1.29 is 9.21 Å². The normalized spacial score (nSPS) is 14.7. The van der Waals surface area contributed by atoms with E-state index in [1.54, 1.807) is 24.5 Å². The number of carbonyl (C=O) groups is 1. The second-order valence-electron chi connectivity index (χ2n) is 7.25. The van der Waals surface area contributed by atoms with Crippen LogP contribution in [0.5, 0.6) is 0 Å². The second kappa shape index (κ2) is 7.33. The number of amides is 1. The maximum Gasteiger partial charge on any atom is 0.252 e. The predicted molar refractivity (Wildman–Crippen MR) is 111 cm³/mol. The average Bonchev–Trinajstić information content (AvgIpc) is 3.52. The Morgan fingerprint density at radius 3 is 2.48 bits per heavy atom. The van der Waals surface area contributed by atoms with Crippen LogP contribution in [0, 0.1) is 0 Å². The van der Waals surface area contributed by atoms with Gasteiger partial charge in [0.2, 0.25) is 0 Å². The molecule has 4 aromatic rings. The van der Waals surface area contributed by atoms with Crippen molar-refractivity contribution in [2.75, 3.05) is 0 Å². The van der Waals surface area contributed by atoms with Gasteiger partial charge < -0.3 is 9.73 Å². The van der Waals surface area contributed by atoms with Gasteiger partial charge in [0.15, 0.2) is 11.5 Å². The van der Waals surface area contributed by atoms with Crippen LogP contribution in [0.1, 0.15) is 52.2 Å². The quantitative estimate of drug-likeness (QED) is 0.492. The van der Waals surface area contributed by atoms with Gasteiger partial charge in [0.25, 0.3) is 5.91 Å². The summed E-state index contributed by atoms with van der Waals surface area (Å²) in [4.78, 5) is 21.6. The van der Waals surface area contributed by atoms with E-state index in [-0.39, 0.29) is 11.9 Å². The SMILES string of the molecule is O=C(NC(c1ccncc1)c1ccc(Cl)cc1)c1ccc2nc(C3CC3)oc2c1. The summed E-state index contributed by atoms with van der Waals surface area (Å²) >= 11 is 6.03. The highest BCUT2D eigenvalue weighted by Gasteiger charge is 2.29. The minimum Gasteiger partial charge on any atom is -0.440 e. The van der Waals surface area contributed by atoms with E-state index in [4.69, 9.17) is 16.0 Å². The summed E-state index contributed by atoms with van der Waals surface area (Å²) in [6.07, 6.45) is 5.67. The van der Waals surface area contributed by atoms with Gasteiger partial charge in [-0.1, -0.05) is 23.7 Å². The average molecular weight is 404 g/mol. The van der Waals surface area contributed by atoms with Gasteiger partial charge in [0.05, 0.1) is 6.04 Å². The molecule has 1 saturated carbocycles. The number of benzene rings is 2. The zero-order chi connectivity index (χ0) is 19.8. The van der Waals surface area contributed by atoms with Crippen molar-refractivity contribution in [1.29, 1.82) is 0 Å². The number of fused-ring (bicyclic) bond motifs is 1. The summed E-state index contributed by atoms with van der Waals surface area (Å²) < 4.78 is 5.86. The van der Waals surface area contributed by atoms with E-state index in [1.165, 1.54) is 0 Å². The van der Waals surface area contributed by atoms with E-state index in [0.29, 0.717) is 22.1 Å². The van der Waals surface area contributed by atoms with Gasteiger partial charge in [-0.3, -0.25) is 9.78 Å². The fourth-order valence-electron chi connectivity index (χ4n) is 3.37. The lowest BCUT2D eigenvalue weighted by Gasteiger charge is -2.20. The van der Waals surface area contributed by atoms with Crippen molar-refractivity contribution in [3.05, 3.63) is 94.6 Å². The predicted octanol–water partition coefficient (Wildman–Crippen LogP) is 5.27. The van der Waals surface area contributed by atoms with E-state index in [0.717, 1.165) is 35.4 Å². The van der Waals surface area contributed by atoms with Gasteiger partial charge >= 0.3 is 0 Å². The maximum atomic E-state index is 13.1. The molecule has 1 aliphatic carbocycles. The molecular formula is C23H18ClN3O2. The summed E-state index contributed by atoms with van der Waals surface area (Å²) in [5.74, 6) is 1.02. The lowest BCUT2D eigenvalue weighted by molar-refractivity contribution is 0.0943. The number of rotatable bonds is 5. The molecule has 0 bridgehead atoms. The van der Waals surface area contributed by atoms with Gasteiger partial charge in [-0.15, -0.1) is 0 Å². The van der Waals surface area contributed by atoms with Gasteiger partial charge in [-0.2, -0.15) is 0 Å². The Morgan fingerprint density at radius 2 is 1.76 bits per heavy atom. The fourth-order valence-corrected chi connectivity index (χ4v) is 3.50. The highest BCUT2D eigenvalue weighted by molar-refractivity contribution is 6.30. The van der Waals surface area contributed by atoms with Crippen LogP contribution in [0.15, 0.2) is 71.4 Å². The van der Waals surface area contributed by atoms with Crippen LogP contribution in [-0.4, -0.2) is 15.9 Å². The molecule has 144 valence electrons. The first-order chi connectivity index (χ1) is 14.2. The van der Waals surface area contributed by atoms with Crippen molar-refractivity contribution in [2.45, 2.75) is 24.8 Å². The molecule has 0 aliphatic heterocycles. The van der Waals surface area contributed by atoms with Crippen molar-refractivity contribution in [3.8, 4) is 0 Å². The summed E-state index contributed by atoms with van der Waals surface area (Å²) in [6, 6.07) is 16.3. The first kappa shape index (κ1) is 17.9. The monoisotopic (exact) mass is 403 g/mol. The van der Waals surface area contributed by atoms with E-state index in [2.05, 4.69) is 15.3 Å². The lowest BCUT2D eigenvalue weighted by atomic mass is 9.99. The third-order valence-corrected chi connectivity index (χ3v) is 5.36. The van der Waals surface area contributed by atoms with Crippen LogP contribution >= 0.6 is 11.6 Å². The van der Waals surface area contributed by atoms with Gasteiger partial charge in [-0.05, 0) is 66.4 Å². The molecule has 1 unspecified atom stereocenters. The smallest absolute Gasteiger partial charge is 0.252 e. The molecule has 0 radical (unpaired) electrons. The van der Waals surface area contributed by atoms with E-state index in [1.807, 2.05) is 42.5 Å². The van der Waals surface area contributed by atoms with E-state index < -0.39 is 0 Å². The van der Waals surface area contributed by atoms with Crippen LogP contribution in [-0.2, 0) is 0 Å². The molecule has 1 N–H and O–H groups in total. The molecule has 2 aromatic heterocycles. The zero-order valence-electron chi connectivity index (χ0n) is 15.5. The second-order valence-corrected chi connectivity index (χ2v) is 7.68. The Balaban J connectivity index is 1.45. The Kier molecular flexibility index (Phi) is 4.52. The number of carbonyl (C=O) groups excluding carboxylic acids is 1. The summed E-state index contributed by atoms with van der Waals surface area (Å²) in [5, 5.41) is 3.77. The number of aromatic nitrogens is 2. The molecule has 5 rings (SSSR count). The van der Waals surface area contributed by atoms with Crippen LogP contribution < -0.4 is 5.32 Å². The molecule has 1 atom stereocenters. The lowest BCUT2D eigenvalue weighted by Crippen LogP contribution is -2.29. The molecule has 2 heterocycles. The van der Waals surface area contributed by atoms with Crippen molar-refractivity contribution in [2.24, 2.45) is 0 Å². The third-order valence-electron chi connectivity index (χ3n) is 5.11. The van der Waals surface area contributed by atoms with Crippen LogP contribution in [0.3, 0.4) is 0 Å². The molecule has 0 saturated heterocycles. The zero-order valence-corrected chi connectivity index (χ0v) is 16.3. The molecule has 2 aromatic carbocycles. The molecular weight excluding hydrogens is 386 g/mol. The van der Waals surface area contributed by atoms with Crippen LogP contribution in [0.4, 0.5) is 0 Å². The standard InChI is InChI=1S/C23H18ClN3O2/c24-18-6-3-14(4-7-18)21(15-9-11-25-12-10-15)27-22(28)17-5-8-19-20(13-17)29-23(26-19)16-1-2-16/h3-13,16,21H,1-2H2,(H,27,28). The Morgan fingerprint density at radius 1 is 1.03 bits per heavy atom. The molecule has 29 heavy (non-hydrogen) atoms. The van der Waals surface area contributed by atoms with Crippen molar-refractivity contribution >= 4 is 28.6 Å². The molecule has 0 spiro atoms. The molecule has 1 aliphatic rings. The summed E-state index contributed by atoms with van der Waals surface area (Å²) in [6.45, 7) is 0. The summed E-state index contributed by atoms with van der Waals surface area (Å²) in [7, 11) is 0. The van der Waals surface area contributed by atoms with Crippen LogP contribution in [0.25, 0.3) is 11.1 Å². The summed E-state index contributed by atoms with van der Waals surface area (Å²) in [5.41, 5.74) is 3.83. The Bertz CT molecular complexity index is 1170. The molecule has 1 fully saturated rings. The maximum absolute atomic E-state index is 13.1.